The van der Waals surface area contributed by atoms with Gasteiger partial charge in [0.15, 0.2) is 0 Å². The molecule has 1 unspecified atom stereocenters. The number of terminal acetylenes is 1. The minimum absolute atomic E-state index is 0.144. The van der Waals surface area contributed by atoms with Crippen LogP contribution in [-0.4, -0.2) is 18.5 Å². The highest BCUT2D eigenvalue weighted by Gasteiger charge is 2.10. The molecule has 0 aromatic rings. The largest absolute Gasteiger partial charge is 0.355 e. The minimum atomic E-state index is -0.549. The summed E-state index contributed by atoms with van der Waals surface area (Å²) in [6.45, 7) is 2.82. The fraction of sp³-hybridized carbons (Fsp3) is 0.700. The van der Waals surface area contributed by atoms with Crippen LogP contribution in [-0.2, 0) is 4.79 Å². The molecule has 0 heterocycles. The molecule has 3 N–H and O–H groups in total. The van der Waals surface area contributed by atoms with Gasteiger partial charge in [0.05, 0.1) is 6.04 Å². The first-order valence-electron chi connectivity index (χ1n) is 4.69. The van der Waals surface area contributed by atoms with Crippen molar-refractivity contribution < 1.29 is 4.79 Å². The Labute approximate surface area is 80.1 Å². The molecule has 0 spiro atoms. The molecule has 3 nitrogen and oxygen atoms in total. The van der Waals surface area contributed by atoms with Crippen LogP contribution in [0.1, 0.15) is 32.6 Å². The van der Waals surface area contributed by atoms with Crippen molar-refractivity contribution >= 4 is 5.91 Å². The fourth-order valence-electron chi connectivity index (χ4n) is 0.937. The molecular formula is C10H18N2O. The van der Waals surface area contributed by atoms with Crippen LogP contribution in [0, 0.1) is 12.3 Å². The maximum Gasteiger partial charge on any atom is 0.237 e. The van der Waals surface area contributed by atoms with E-state index in [2.05, 4.69) is 18.2 Å². The van der Waals surface area contributed by atoms with Gasteiger partial charge in [0.1, 0.15) is 0 Å². The number of hydrogen-bond acceptors (Lipinski definition) is 2. The van der Waals surface area contributed by atoms with Crippen molar-refractivity contribution in [1.29, 1.82) is 0 Å². The van der Waals surface area contributed by atoms with E-state index in [0.29, 0.717) is 13.0 Å². The number of unbranched alkanes of at least 4 members (excludes halogenated alkanes) is 2. The molecule has 1 atom stereocenters. The molecule has 13 heavy (non-hydrogen) atoms. The van der Waals surface area contributed by atoms with Gasteiger partial charge in [-0.15, -0.1) is 12.3 Å². The summed E-state index contributed by atoms with van der Waals surface area (Å²) < 4.78 is 0. The van der Waals surface area contributed by atoms with Crippen LogP contribution >= 0.6 is 0 Å². The SMILES string of the molecule is C#CCC(N)C(=O)NCCCCC. The lowest BCUT2D eigenvalue weighted by molar-refractivity contribution is -0.122. The molecule has 74 valence electrons. The summed E-state index contributed by atoms with van der Waals surface area (Å²) in [5.74, 6) is 2.22. The maximum absolute atomic E-state index is 11.2. The zero-order valence-electron chi connectivity index (χ0n) is 8.18. The normalized spacial score (nSPS) is 11.8. The molecule has 0 aromatic carbocycles. The molecular weight excluding hydrogens is 164 g/mol. The van der Waals surface area contributed by atoms with Crippen LogP contribution in [0.5, 0.6) is 0 Å². The molecule has 1 amide bonds. The standard InChI is InChI=1S/C10H18N2O/c1-3-5-6-8-12-10(13)9(11)7-4-2/h2,9H,3,5-8,11H2,1H3,(H,12,13). The Kier molecular flexibility index (Phi) is 7.04. The first-order chi connectivity index (χ1) is 6.22. The van der Waals surface area contributed by atoms with Crippen LogP contribution in [0.4, 0.5) is 0 Å². The van der Waals surface area contributed by atoms with E-state index in [4.69, 9.17) is 12.2 Å². The Morgan fingerprint density at radius 1 is 1.62 bits per heavy atom. The quantitative estimate of drug-likeness (QED) is 0.468. The number of amides is 1. The second kappa shape index (κ2) is 7.63. The summed E-state index contributed by atoms with van der Waals surface area (Å²) in [6, 6.07) is -0.549. The predicted octanol–water partition coefficient (Wildman–Crippen LogP) is 0.643. The van der Waals surface area contributed by atoms with Crippen molar-refractivity contribution in [3.05, 3.63) is 0 Å². The number of hydrogen-bond donors (Lipinski definition) is 2. The third-order valence-electron chi connectivity index (χ3n) is 1.75. The lowest BCUT2D eigenvalue weighted by Gasteiger charge is -2.08. The van der Waals surface area contributed by atoms with E-state index in [1.807, 2.05) is 0 Å². The highest BCUT2D eigenvalue weighted by molar-refractivity contribution is 5.81. The van der Waals surface area contributed by atoms with E-state index in [0.717, 1.165) is 19.3 Å². The summed E-state index contributed by atoms with van der Waals surface area (Å²) in [6.07, 6.45) is 8.62. The Bertz CT molecular complexity index is 184. The lowest BCUT2D eigenvalue weighted by Crippen LogP contribution is -2.40. The second-order valence-corrected chi connectivity index (χ2v) is 3.01. The van der Waals surface area contributed by atoms with Crippen LogP contribution in [0.25, 0.3) is 0 Å². The molecule has 0 aromatic heterocycles. The van der Waals surface area contributed by atoms with Crippen molar-refractivity contribution in [2.75, 3.05) is 6.54 Å². The Morgan fingerprint density at radius 2 is 2.31 bits per heavy atom. The van der Waals surface area contributed by atoms with Crippen LogP contribution in [0.15, 0.2) is 0 Å². The van der Waals surface area contributed by atoms with Gasteiger partial charge in [-0.05, 0) is 6.42 Å². The second-order valence-electron chi connectivity index (χ2n) is 3.01. The van der Waals surface area contributed by atoms with E-state index < -0.39 is 6.04 Å². The van der Waals surface area contributed by atoms with Crippen molar-refractivity contribution in [2.24, 2.45) is 5.73 Å². The van der Waals surface area contributed by atoms with Crippen molar-refractivity contribution in [1.82, 2.24) is 5.32 Å². The summed E-state index contributed by atoms with van der Waals surface area (Å²) in [4.78, 5) is 11.2. The molecule has 0 radical (unpaired) electrons. The summed E-state index contributed by atoms with van der Waals surface area (Å²) in [7, 11) is 0. The third kappa shape index (κ3) is 6.18. The van der Waals surface area contributed by atoms with Gasteiger partial charge in [-0.2, -0.15) is 0 Å². The fourth-order valence-corrected chi connectivity index (χ4v) is 0.937. The van der Waals surface area contributed by atoms with E-state index >= 15 is 0 Å². The Morgan fingerprint density at radius 3 is 2.85 bits per heavy atom. The number of rotatable bonds is 6. The molecule has 0 saturated carbocycles. The van der Waals surface area contributed by atoms with Gasteiger partial charge in [-0.1, -0.05) is 19.8 Å². The highest BCUT2D eigenvalue weighted by atomic mass is 16.2. The van der Waals surface area contributed by atoms with Gasteiger partial charge in [-0.3, -0.25) is 4.79 Å². The number of nitrogens with one attached hydrogen (secondary N) is 1. The molecule has 0 aliphatic heterocycles. The maximum atomic E-state index is 11.2. The van der Waals surface area contributed by atoms with Gasteiger partial charge in [0, 0.05) is 13.0 Å². The van der Waals surface area contributed by atoms with Crippen LogP contribution < -0.4 is 11.1 Å². The third-order valence-corrected chi connectivity index (χ3v) is 1.75. The Hall–Kier alpha value is -1.01. The van der Waals surface area contributed by atoms with E-state index in [9.17, 15) is 4.79 Å². The average Bonchev–Trinajstić information content (AvgIpc) is 2.12. The topological polar surface area (TPSA) is 55.1 Å². The zero-order valence-corrected chi connectivity index (χ0v) is 8.18. The van der Waals surface area contributed by atoms with Gasteiger partial charge in [0.2, 0.25) is 5.91 Å². The van der Waals surface area contributed by atoms with Gasteiger partial charge >= 0.3 is 0 Å². The number of nitrogens with two attached hydrogens (primary N) is 1. The Balaban J connectivity index is 3.45. The smallest absolute Gasteiger partial charge is 0.237 e. The highest BCUT2D eigenvalue weighted by Crippen LogP contribution is 1.92. The minimum Gasteiger partial charge on any atom is -0.355 e. The number of carbonyl (C=O) groups is 1. The molecule has 0 aliphatic carbocycles. The first kappa shape index (κ1) is 12.0. The zero-order chi connectivity index (χ0) is 10.1. The van der Waals surface area contributed by atoms with Crippen molar-refractivity contribution in [2.45, 2.75) is 38.6 Å². The summed E-state index contributed by atoms with van der Waals surface area (Å²) in [5, 5.41) is 2.74. The van der Waals surface area contributed by atoms with Crippen LogP contribution in [0.2, 0.25) is 0 Å². The summed E-state index contributed by atoms with van der Waals surface area (Å²) in [5.41, 5.74) is 5.49. The molecule has 0 saturated heterocycles. The van der Waals surface area contributed by atoms with Gasteiger partial charge in [0.25, 0.3) is 0 Å². The molecule has 0 bridgehead atoms. The first-order valence-corrected chi connectivity index (χ1v) is 4.69. The van der Waals surface area contributed by atoms with Gasteiger partial charge in [-0.25, -0.2) is 0 Å². The molecule has 0 fully saturated rings. The van der Waals surface area contributed by atoms with E-state index in [-0.39, 0.29) is 5.91 Å². The predicted molar refractivity (Wildman–Crippen MR) is 54.0 cm³/mol. The van der Waals surface area contributed by atoms with Crippen LogP contribution in [0.3, 0.4) is 0 Å². The van der Waals surface area contributed by atoms with Crippen molar-refractivity contribution in [3.63, 3.8) is 0 Å². The monoisotopic (exact) mass is 182 g/mol. The molecule has 0 rings (SSSR count). The average molecular weight is 182 g/mol. The summed E-state index contributed by atoms with van der Waals surface area (Å²) >= 11 is 0. The number of carbonyl (C=O) groups excluding carboxylic acids is 1. The van der Waals surface area contributed by atoms with E-state index in [1.165, 1.54) is 0 Å². The molecule has 0 aliphatic rings. The van der Waals surface area contributed by atoms with Gasteiger partial charge < -0.3 is 11.1 Å². The lowest BCUT2D eigenvalue weighted by atomic mass is 10.2. The molecule has 3 heteroatoms. The van der Waals surface area contributed by atoms with Crippen molar-refractivity contribution in [3.8, 4) is 12.3 Å². The van der Waals surface area contributed by atoms with E-state index in [1.54, 1.807) is 0 Å².